The number of hydrogen-bond donors (Lipinski definition) is 0. The number of aromatic nitrogens is 1. The van der Waals surface area contributed by atoms with Gasteiger partial charge in [-0.2, -0.15) is 0 Å². The van der Waals surface area contributed by atoms with E-state index in [9.17, 15) is 8.78 Å². The van der Waals surface area contributed by atoms with Crippen LogP contribution in [0.5, 0.6) is 5.75 Å². The molecular weight excluding hydrogens is 346 g/mol. The van der Waals surface area contributed by atoms with E-state index in [0.717, 1.165) is 36.5 Å². The van der Waals surface area contributed by atoms with Gasteiger partial charge in [-0.15, -0.1) is 0 Å². The van der Waals surface area contributed by atoms with Crippen molar-refractivity contribution in [3.8, 4) is 5.75 Å². The summed E-state index contributed by atoms with van der Waals surface area (Å²) in [6.07, 6.45) is 2.91. The first-order chi connectivity index (χ1) is 13.2. The first kappa shape index (κ1) is 17.7. The van der Waals surface area contributed by atoms with Gasteiger partial charge in [0.1, 0.15) is 17.4 Å². The molecule has 0 bridgehead atoms. The Balaban J connectivity index is 1.76. The number of hydrogen-bond acceptors (Lipinski definition) is 2. The molecule has 0 spiro atoms. The van der Waals surface area contributed by atoms with Crippen LogP contribution in [0.3, 0.4) is 0 Å². The molecule has 0 N–H and O–H groups in total. The van der Waals surface area contributed by atoms with Crippen LogP contribution < -0.4 is 4.74 Å². The monoisotopic (exact) mass is 368 g/mol. The van der Waals surface area contributed by atoms with E-state index < -0.39 is 17.7 Å². The van der Waals surface area contributed by atoms with Gasteiger partial charge in [-0.25, -0.2) is 8.78 Å². The standard InChI is InChI=1S/C22H22F2N2O/c1-27-17-10-8-16(9-11-17)15-26-14-4-13-25-12-3-7-20(25)22(26)21-18(23)5-2-6-19(21)24/h2-3,5-12,22H,4,13-15H2,1H3/t22-/m0/s1. The van der Waals surface area contributed by atoms with Gasteiger partial charge in [-0.1, -0.05) is 18.2 Å². The number of methoxy groups -OCH3 is 1. The van der Waals surface area contributed by atoms with E-state index in [2.05, 4.69) is 9.47 Å². The molecule has 0 saturated carbocycles. The van der Waals surface area contributed by atoms with Gasteiger partial charge < -0.3 is 9.30 Å². The number of benzene rings is 2. The molecule has 3 aromatic rings. The van der Waals surface area contributed by atoms with Crippen molar-refractivity contribution in [2.75, 3.05) is 13.7 Å². The van der Waals surface area contributed by atoms with Gasteiger partial charge in [0.25, 0.3) is 0 Å². The van der Waals surface area contributed by atoms with Crippen molar-refractivity contribution in [1.29, 1.82) is 0 Å². The molecule has 4 rings (SSSR count). The Morgan fingerprint density at radius 1 is 0.963 bits per heavy atom. The predicted octanol–water partition coefficient (Wildman–Crippen LogP) is 4.77. The van der Waals surface area contributed by atoms with Crippen LogP contribution in [-0.4, -0.2) is 23.1 Å². The highest BCUT2D eigenvalue weighted by atomic mass is 19.1. The molecule has 0 fully saturated rings. The smallest absolute Gasteiger partial charge is 0.131 e. The van der Waals surface area contributed by atoms with Gasteiger partial charge >= 0.3 is 0 Å². The lowest BCUT2D eigenvalue weighted by molar-refractivity contribution is 0.212. The number of fused-ring (bicyclic) bond motifs is 1. The summed E-state index contributed by atoms with van der Waals surface area (Å²) in [6.45, 7) is 2.20. The van der Waals surface area contributed by atoms with Gasteiger partial charge in [-0.05, 0) is 48.4 Å². The molecule has 5 heteroatoms. The minimum atomic E-state index is -0.505. The maximum atomic E-state index is 14.7. The number of halogens is 2. The normalized spacial score (nSPS) is 17.4. The number of rotatable bonds is 4. The van der Waals surface area contributed by atoms with Crippen molar-refractivity contribution >= 4 is 0 Å². The first-order valence-corrected chi connectivity index (χ1v) is 9.13. The van der Waals surface area contributed by atoms with Crippen molar-refractivity contribution < 1.29 is 13.5 Å². The maximum Gasteiger partial charge on any atom is 0.131 e. The highest BCUT2D eigenvalue weighted by molar-refractivity contribution is 5.33. The van der Waals surface area contributed by atoms with Gasteiger partial charge in [0.05, 0.1) is 13.2 Å². The summed E-state index contributed by atoms with van der Waals surface area (Å²) in [5.74, 6) is -0.219. The van der Waals surface area contributed by atoms with Crippen LogP contribution in [0.25, 0.3) is 0 Å². The molecule has 0 radical (unpaired) electrons. The number of aryl methyl sites for hydroxylation is 1. The zero-order valence-electron chi connectivity index (χ0n) is 15.2. The lowest BCUT2D eigenvalue weighted by atomic mass is 9.99. The van der Waals surface area contributed by atoms with Crippen LogP contribution in [0.15, 0.2) is 60.8 Å². The van der Waals surface area contributed by atoms with E-state index in [4.69, 9.17) is 4.74 Å². The van der Waals surface area contributed by atoms with Crippen molar-refractivity contribution in [2.24, 2.45) is 0 Å². The van der Waals surface area contributed by atoms with E-state index >= 15 is 0 Å². The highest BCUT2D eigenvalue weighted by Crippen LogP contribution is 2.35. The quantitative estimate of drug-likeness (QED) is 0.660. The Labute approximate surface area is 157 Å². The van der Waals surface area contributed by atoms with E-state index in [0.29, 0.717) is 6.54 Å². The van der Waals surface area contributed by atoms with Crippen LogP contribution in [0.2, 0.25) is 0 Å². The summed E-state index contributed by atoms with van der Waals surface area (Å²) >= 11 is 0. The molecule has 1 atom stereocenters. The molecule has 0 amide bonds. The molecule has 0 aliphatic carbocycles. The van der Waals surface area contributed by atoms with Gasteiger partial charge in [-0.3, -0.25) is 4.90 Å². The topological polar surface area (TPSA) is 17.4 Å². The molecule has 1 aromatic heterocycles. The molecule has 1 aliphatic heterocycles. The van der Waals surface area contributed by atoms with Crippen molar-refractivity contribution in [1.82, 2.24) is 9.47 Å². The average Bonchev–Trinajstić information content (AvgIpc) is 3.06. The number of ether oxygens (including phenoxy) is 1. The van der Waals surface area contributed by atoms with Crippen molar-refractivity contribution in [2.45, 2.75) is 25.6 Å². The second kappa shape index (κ2) is 7.53. The lowest BCUT2D eigenvalue weighted by Gasteiger charge is -2.31. The molecule has 140 valence electrons. The Morgan fingerprint density at radius 3 is 2.41 bits per heavy atom. The summed E-state index contributed by atoms with van der Waals surface area (Å²) in [5.41, 5.74) is 2.12. The summed E-state index contributed by atoms with van der Waals surface area (Å²) in [5, 5.41) is 0. The average molecular weight is 368 g/mol. The van der Waals surface area contributed by atoms with Crippen LogP contribution >= 0.6 is 0 Å². The van der Waals surface area contributed by atoms with Crippen LogP contribution in [0.4, 0.5) is 8.78 Å². The lowest BCUT2D eigenvalue weighted by Crippen LogP contribution is -2.30. The van der Waals surface area contributed by atoms with Crippen LogP contribution in [-0.2, 0) is 13.1 Å². The third-order valence-corrected chi connectivity index (χ3v) is 5.17. The number of nitrogens with zero attached hydrogens (tertiary/aromatic N) is 2. The molecule has 2 heterocycles. The fraction of sp³-hybridized carbons (Fsp3) is 0.273. The summed E-state index contributed by atoms with van der Waals surface area (Å²) in [4.78, 5) is 2.15. The Morgan fingerprint density at radius 2 is 1.70 bits per heavy atom. The molecule has 1 aliphatic rings. The second-order valence-corrected chi connectivity index (χ2v) is 6.84. The molecule has 0 unspecified atom stereocenters. The maximum absolute atomic E-state index is 14.7. The molecule has 0 saturated heterocycles. The summed E-state index contributed by atoms with van der Waals surface area (Å²) in [6, 6.07) is 15.3. The zero-order valence-corrected chi connectivity index (χ0v) is 15.2. The third kappa shape index (κ3) is 3.47. The third-order valence-electron chi connectivity index (χ3n) is 5.17. The highest BCUT2D eigenvalue weighted by Gasteiger charge is 2.31. The van der Waals surface area contributed by atoms with Crippen LogP contribution in [0, 0.1) is 11.6 Å². The van der Waals surface area contributed by atoms with E-state index in [1.165, 1.54) is 18.2 Å². The minimum Gasteiger partial charge on any atom is -0.497 e. The molecule has 3 nitrogen and oxygen atoms in total. The predicted molar refractivity (Wildman–Crippen MR) is 101 cm³/mol. The second-order valence-electron chi connectivity index (χ2n) is 6.84. The summed E-state index contributed by atoms with van der Waals surface area (Å²) in [7, 11) is 1.63. The van der Waals surface area contributed by atoms with Crippen LogP contribution in [0.1, 0.15) is 29.3 Å². The largest absolute Gasteiger partial charge is 0.497 e. The van der Waals surface area contributed by atoms with Gasteiger partial charge in [0.2, 0.25) is 0 Å². The minimum absolute atomic E-state index is 0.118. The fourth-order valence-corrected chi connectivity index (χ4v) is 3.88. The zero-order chi connectivity index (χ0) is 18.8. The van der Waals surface area contributed by atoms with Crippen molar-refractivity contribution in [3.05, 3.63) is 89.2 Å². The van der Waals surface area contributed by atoms with Crippen molar-refractivity contribution in [3.63, 3.8) is 0 Å². The first-order valence-electron chi connectivity index (χ1n) is 9.13. The van der Waals surface area contributed by atoms with E-state index in [1.807, 2.05) is 42.6 Å². The fourth-order valence-electron chi connectivity index (χ4n) is 3.88. The molecule has 27 heavy (non-hydrogen) atoms. The molecular formula is C22H22F2N2O. The Bertz CT molecular complexity index is 900. The Kier molecular flexibility index (Phi) is 4.94. The summed E-state index contributed by atoms with van der Waals surface area (Å²) < 4.78 is 36.7. The molecule has 2 aromatic carbocycles. The van der Waals surface area contributed by atoms with Gasteiger partial charge in [0, 0.05) is 37.1 Å². The van der Waals surface area contributed by atoms with E-state index in [-0.39, 0.29) is 5.56 Å². The Hall–Kier alpha value is -2.66. The van der Waals surface area contributed by atoms with Gasteiger partial charge in [0.15, 0.2) is 0 Å². The SMILES string of the molecule is COc1ccc(CN2CCCn3cccc3[C@H]2c2c(F)cccc2F)cc1. The van der Waals surface area contributed by atoms with E-state index in [1.54, 1.807) is 7.11 Å².